The second-order valence-corrected chi connectivity index (χ2v) is 6.91. The van der Waals surface area contributed by atoms with Gasteiger partial charge in [-0.3, -0.25) is 4.98 Å². The Labute approximate surface area is 146 Å². The maximum absolute atomic E-state index is 12.7. The molecule has 126 valence electrons. The second-order valence-electron chi connectivity index (χ2n) is 6.91. The van der Waals surface area contributed by atoms with Crippen LogP contribution in [-0.2, 0) is 4.74 Å². The van der Waals surface area contributed by atoms with E-state index in [9.17, 15) is 4.79 Å². The molecule has 0 saturated carbocycles. The summed E-state index contributed by atoms with van der Waals surface area (Å²) in [6, 6.07) is 13.7. The molecular weight excluding hydrogens is 314 g/mol. The molecule has 3 aliphatic rings. The van der Waals surface area contributed by atoms with Gasteiger partial charge >= 0.3 is 6.03 Å². The Bertz CT molecular complexity index is 816. The Morgan fingerprint density at radius 2 is 1.80 bits per heavy atom. The van der Waals surface area contributed by atoms with Gasteiger partial charge in [0.25, 0.3) is 0 Å². The number of ether oxygens (including phenoxy) is 1. The highest BCUT2D eigenvalue weighted by molar-refractivity contribution is 5.90. The van der Waals surface area contributed by atoms with Gasteiger partial charge in [-0.1, -0.05) is 42.5 Å². The number of urea groups is 1. The summed E-state index contributed by atoms with van der Waals surface area (Å²) >= 11 is 0. The number of nitrogens with one attached hydrogen (secondary N) is 1. The smallest absolute Gasteiger partial charge is 0.321 e. The minimum absolute atomic E-state index is 0.0426. The number of rotatable bonds is 2. The number of benzene rings is 1. The average Bonchev–Trinajstić information content (AvgIpc) is 3.36. The highest BCUT2D eigenvalue weighted by Gasteiger charge is 2.51. The molecule has 2 saturated heterocycles. The first-order chi connectivity index (χ1) is 12.3. The second kappa shape index (κ2) is 5.70. The van der Waals surface area contributed by atoms with Crippen LogP contribution in [-0.4, -0.2) is 41.2 Å². The zero-order chi connectivity index (χ0) is 16.8. The summed E-state index contributed by atoms with van der Waals surface area (Å²) in [6.07, 6.45) is 6.40. The van der Waals surface area contributed by atoms with Gasteiger partial charge in [-0.2, -0.15) is 0 Å². The SMILES string of the molecule is O=C(Nc1ccnc(-c2ccccc2)c1)N1C[C@@H]2[C@H](C1)[C@H]1C=C[C@H]2O1. The van der Waals surface area contributed by atoms with Crippen molar-refractivity contribution in [3.63, 3.8) is 0 Å². The number of carbonyl (C=O) groups is 1. The zero-order valence-electron chi connectivity index (χ0n) is 13.7. The molecule has 0 radical (unpaired) electrons. The molecule has 0 spiro atoms. The Morgan fingerprint density at radius 1 is 1.08 bits per heavy atom. The minimum Gasteiger partial charge on any atom is -0.366 e. The number of fused-ring (bicyclic) bond motifs is 5. The summed E-state index contributed by atoms with van der Waals surface area (Å²) in [6.45, 7) is 1.53. The zero-order valence-corrected chi connectivity index (χ0v) is 13.7. The normalized spacial score (nSPS) is 29.0. The quantitative estimate of drug-likeness (QED) is 0.859. The number of amides is 2. The molecule has 5 rings (SSSR count). The van der Waals surface area contributed by atoms with E-state index in [1.54, 1.807) is 6.20 Å². The Hall–Kier alpha value is -2.66. The third-order valence-electron chi connectivity index (χ3n) is 5.43. The van der Waals surface area contributed by atoms with Crippen molar-refractivity contribution >= 4 is 11.7 Å². The molecule has 25 heavy (non-hydrogen) atoms. The van der Waals surface area contributed by atoms with Gasteiger partial charge in [0.05, 0.1) is 17.9 Å². The molecule has 4 atom stereocenters. The summed E-state index contributed by atoms with van der Waals surface area (Å²) in [4.78, 5) is 19.0. The van der Waals surface area contributed by atoms with Crippen LogP contribution in [0.1, 0.15) is 0 Å². The molecule has 2 bridgehead atoms. The first-order valence-electron chi connectivity index (χ1n) is 8.69. The molecule has 5 heteroatoms. The maximum atomic E-state index is 12.7. The summed E-state index contributed by atoms with van der Waals surface area (Å²) in [5.74, 6) is 0.885. The van der Waals surface area contributed by atoms with Crippen LogP contribution in [0.5, 0.6) is 0 Å². The van der Waals surface area contributed by atoms with Crippen molar-refractivity contribution in [3.05, 3.63) is 60.8 Å². The van der Waals surface area contributed by atoms with E-state index in [1.165, 1.54) is 0 Å². The van der Waals surface area contributed by atoms with E-state index >= 15 is 0 Å². The number of pyridine rings is 1. The third kappa shape index (κ3) is 2.51. The summed E-state index contributed by atoms with van der Waals surface area (Å²) in [5.41, 5.74) is 2.66. The van der Waals surface area contributed by atoms with Gasteiger partial charge in [-0.25, -0.2) is 4.79 Å². The summed E-state index contributed by atoms with van der Waals surface area (Å²) in [5, 5.41) is 3.02. The molecule has 1 aromatic heterocycles. The molecule has 2 aromatic rings. The number of hydrogen-bond donors (Lipinski definition) is 1. The highest BCUT2D eigenvalue weighted by atomic mass is 16.5. The fourth-order valence-electron chi connectivity index (χ4n) is 4.17. The van der Waals surface area contributed by atoms with Crippen LogP contribution in [0.15, 0.2) is 60.8 Å². The first kappa shape index (κ1) is 14.7. The van der Waals surface area contributed by atoms with E-state index in [-0.39, 0.29) is 18.2 Å². The lowest BCUT2D eigenvalue weighted by atomic mass is 9.86. The highest BCUT2D eigenvalue weighted by Crippen LogP contribution is 2.43. The molecule has 1 N–H and O–H groups in total. The van der Waals surface area contributed by atoms with E-state index < -0.39 is 0 Å². The van der Waals surface area contributed by atoms with Crippen molar-refractivity contribution in [2.75, 3.05) is 18.4 Å². The lowest BCUT2D eigenvalue weighted by Gasteiger charge is -2.19. The number of aromatic nitrogens is 1. The monoisotopic (exact) mass is 333 g/mol. The minimum atomic E-state index is -0.0426. The molecule has 4 heterocycles. The number of carbonyl (C=O) groups excluding carboxylic acids is 1. The summed E-state index contributed by atoms with van der Waals surface area (Å²) in [7, 11) is 0. The molecule has 0 aliphatic carbocycles. The van der Waals surface area contributed by atoms with Crippen LogP contribution in [0.2, 0.25) is 0 Å². The van der Waals surface area contributed by atoms with Crippen molar-refractivity contribution in [1.82, 2.24) is 9.88 Å². The molecule has 3 aliphatic heterocycles. The topological polar surface area (TPSA) is 54.5 Å². The molecule has 2 fully saturated rings. The van der Waals surface area contributed by atoms with Crippen LogP contribution in [0, 0.1) is 11.8 Å². The van der Waals surface area contributed by atoms with Gasteiger partial charge in [-0.05, 0) is 12.1 Å². The van der Waals surface area contributed by atoms with E-state index in [1.807, 2.05) is 47.4 Å². The van der Waals surface area contributed by atoms with Gasteiger partial charge in [0, 0.05) is 42.4 Å². The number of hydrogen-bond acceptors (Lipinski definition) is 3. The van der Waals surface area contributed by atoms with Crippen LogP contribution < -0.4 is 5.32 Å². The Morgan fingerprint density at radius 3 is 2.52 bits per heavy atom. The van der Waals surface area contributed by atoms with Gasteiger partial charge in [-0.15, -0.1) is 0 Å². The molecular formula is C20H19N3O2. The largest absolute Gasteiger partial charge is 0.366 e. The number of anilines is 1. The molecule has 2 amide bonds. The van der Waals surface area contributed by atoms with Gasteiger partial charge < -0.3 is 15.0 Å². The predicted octanol–water partition coefficient (Wildman–Crippen LogP) is 3.17. The van der Waals surface area contributed by atoms with Crippen molar-refractivity contribution in [2.24, 2.45) is 11.8 Å². The lowest BCUT2D eigenvalue weighted by Crippen LogP contribution is -2.35. The van der Waals surface area contributed by atoms with E-state index in [4.69, 9.17) is 4.74 Å². The van der Waals surface area contributed by atoms with Crippen LogP contribution >= 0.6 is 0 Å². The average molecular weight is 333 g/mol. The van der Waals surface area contributed by atoms with Gasteiger partial charge in [0.1, 0.15) is 0 Å². The van der Waals surface area contributed by atoms with Crippen LogP contribution in [0.4, 0.5) is 10.5 Å². The fourth-order valence-corrected chi connectivity index (χ4v) is 4.17. The molecule has 5 nitrogen and oxygen atoms in total. The molecule has 0 unspecified atom stereocenters. The van der Waals surface area contributed by atoms with Crippen LogP contribution in [0.3, 0.4) is 0 Å². The van der Waals surface area contributed by atoms with Crippen molar-refractivity contribution < 1.29 is 9.53 Å². The van der Waals surface area contributed by atoms with E-state index in [0.717, 1.165) is 30.0 Å². The predicted molar refractivity (Wildman–Crippen MR) is 95.0 cm³/mol. The maximum Gasteiger partial charge on any atom is 0.321 e. The van der Waals surface area contributed by atoms with E-state index in [0.29, 0.717) is 11.8 Å². The fraction of sp³-hybridized carbons (Fsp3) is 0.300. The van der Waals surface area contributed by atoms with Crippen molar-refractivity contribution in [3.8, 4) is 11.3 Å². The van der Waals surface area contributed by atoms with Gasteiger partial charge in [0.2, 0.25) is 0 Å². The number of nitrogens with zero attached hydrogens (tertiary/aromatic N) is 2. The lowest BCUT2D eigenvalue weighted by molar-refractivity contribution is 0.0892. The third-order valence-corrected chi connectivity index (χ3v) is 5.43. The Kier molecular flexibility index (Phi) is 3.35. The van der Waals surface area contributed by atoms with Gasteiger partial charge in [0.15, 0.2) is 0 Å². The number of likely N-dealkylation sites (tertiary alicyclic amines) is 1. The Balaban J connectivity index is 1.29. The molecule has 1 aromatic carbocycles. The van der Waals surface area contributed by atoms with E-state index in [2.05, 4.69) is 22.5 Å². The summed E-state index contributed by atoms with van der Waals surface area (Å²) < 4.78 is 5.87. The first-order valence-corrected chi connectivity index (χ1v) is 8.69. The standard InChI is InChI=1S/C20H19N3O2/c24-20(23-11-15-16(12-23)19-7-6-18(15)25-19)22-14-8-9-21-17(10-14)13-4-2-1-3-5-13/h1-10,15-16,18-19H,11-12H2,(H,21,22,24)/t15-,16+,18-,19-/m1/s1. The van der Waals surface area contributed by atoms with Crippen LogP contribution in [0.25, 0.3) is 11.3 Å². The van der Waals surface area contributed by atoms with Crippen molar-refractivity contribution in [1.29, 1.82) is 0 Å². The van der Waals surface area contributed by atoms with Crippen molar-refractivity contribution in [2.45, 2.75) is 12.2 Å².